The third kappa shape index (κ3) is 6.33. The van der Waals surface area contributed by atoms with Crippen LogP contribution in [0.1, 0.15) is 43.2 Å². The van der Waals surface area contributed by atoms with Crippen LogP contribution in [0.2, 0.25) is 0 Å². The number of hydrogen-bond donors (Lipinski definition) is 1. The fraction of sp³-hybridized carbons (Fsp3) is 0.417. The third-order valence-electron chi connectivity index (χ3n) is 5.69. The Kier molecular flexibility index (Phi) is 8.46. The molecule has 0 aromatic heterocycles. The fourth-order valence-electron chi connectivity index (χ4n) is 4.00. The van der Waals surface area contributed by atoms with Gasteiger partial charge in [0.25, 0.3) is 5.91 Å². The van der Waals surface area contributed by atoms with Crippen LogP contribution in [0.25, 0.3) is 0 Å². The molecule has 0 saturated heterocycles. The second-order valence-electron chi connectivity index (χ2n) is 8.07. The molecule has 0 unspecified atom stereocenters. The lowest BCUT2D eigenvalue weighted by atomic mass is 9.95. The second kappa shape index (κ2) is 11.3. The predicted octanol–water partition coefficient (Wildman–Crippen LogP) is 3.49. The second-order valence-corrected chi connectivity index (χ2v) is 9.96. The highest BCUT2D eigenvalue weighted by Gasteiger charge is 2.34. The summed E-state index contributed by atoms with van der Waals surface area (Å²) in [7, 11) is -1.01. The summed E-state index contributed by atoms with van der Waals surface area (Å²) in [5.74, 6) is 0.256. The van der Waals surface area contributed by atoms with Gasteiger partial charge in [-0.15, -0.1) is 0 Å². The topological polar surface area (TPSA) is 97.3 Å². The van der Waals surface area contributed by atoms with E-state index in [9.17, 15) is 13.2 Å². The summed E-state index contributed by atoms with van der Waals surface area (Å²) in [6.07, 6.45) is 5.89. The summed E-state index contributed by atoms with van der Waals surface area (Å²) in [4.78, 5) is 12.7. The number of aryl methyl sites for hydroxylation is 1. The van der Waals surface area contributed by atoms with Crippen molar-refractivity contribution in [3.8, 4) is 11.5 Å². The van der Waals surface area contributed by atoms with Crippen molar-refractivity contribution in [2.75, 3.05) is 20.8 Å². The van der Waals surface area contributed by atoms with Crippen LogP contribution in [-0.4, -0.2) is 51.7 Å². The molecule has 0 radical (unpaired) electrons. The third-order valence-corrected chi connectivity index (χ3v) is 7.58. The molecule has 3 rings (SSSR count). The van der Waals surface area contributed by atoms with Crippen molar-refractivity contribution in [1.82, 2.24) is 9.73 Å². The van der Waals surface area contributed by atoms with Crippen molar-refractivity contribution in [1.29, 1.82) is 0 Å². The minimum Gasteiger partial charge on any atom is -0.493 e. The number of carbonyl (C=O) groups is 1. The van der Waals surface area contributed by atoms with Gasteiger partial charge < -0.3 is 9.47 Å². The van der Waals surface area contributed by atoms with Crippen LogP contribution >= 0.6 is 0 Å². The van der Waals surface area contributed by atoms with E-state index in [2.05, 4.69) is 10.5 Å². The van der Waals surface area contributed by atoms with Gasteiger partial charge in [-0.2, -0.15) is 9.41 Å². The standard InChI is InChI=1S/C24H31N3O5S/c1-18-8-7-9-19(14-18)16-25-26-24(28)17-27(20-10-5-4-6-11-20)33(29,30)21-12-13-22(31-2)23(15-21)32-3/h7-9,12-16,20H,4-6,10-11,17H2,1-3H3,(H,26,28). The van der Waals surface area contributed by atoms with Gasteiger partial charge in [0.1, 0.15) is 0 Å². The van der Waals surface area contributed by atoms with E-state index in [1.54, 1.807) is 12.3 Å². The average molecular weight is 474 g/mol. The molecular formula is C24H31N3O5S. The van der Waals surface area contributed by atoms with Gasteiger partial charge in [0.15, 0.2) is 11.5 Å². The molecule has 2 aromatic carbocycles. The number of hydrogen-bond acceptors (Lipinski definition) is 6. The maximum atomic E-state index is 13.6. The van der Waals surface area contributed by atoms with Crippen molar-refractivity contribution in [2.24, 2.45) is 5.10 Å². The minimum absolute atomic E-state index is 0.0572. The van der Waals surface area contributed by atoms with E-state index >= 15 is 0 Å². The molecular weight excluding hydrogens is 442 g/mol. The average Bonchev–Trinajstić information content (AvgIpc) is 2.82. The van der Waals surface area contributed by atoms with Crippen LogP contribution in [0.3, 0.4) is 0 Å². The maximum Gasteiger partial charge on any atom is 0.255 e. The first-order chi connectivity index (χ1) is 15.8. The Morgan fingerprint density at radius 1 is 1.09 bits per heavy atom. The molecule has 0 atom stereocenters. The fourth-order valence-corrected chi connectivity index (χ4v) is 5.66. The Morgan fingerprint density at radius 3 is 2.48 bits per heavy atom. The van der Waals surface area contributed by atoms with Gasteiger partial charge in [-0.3, -0.25) is 4.79 Å². The summed E-state index contributed by atoms with van der Waals surface area (Å²) in [6.45, 7) is 1.66. The lowest BCUT2D eigenvalue weighted by molar-refractivity contribution is -0.121. The van der Waals surface area contributed by atoms with E-state index in [0.29, 0.717) is 24.3 Å². The molecule has 33 heavy (non-hydrogen) atoms. The summed E-state index contributed by atoms with van der Waals surface area (Å²) in [6, 6.07) is 11.9. The van der Waals surface area contributed by atoms with Gasteiger partial charge in [0.05, 0.1) is 31.9 Å². The summed E-state index contributed by atoms with van der Waals surface area (Å²) < 4.78 is 38.9. The van der Waals surface area contributed by atoms with Crippen molar-refractivity contribution in [3.05, 3.63) is 53.6 Å². The van der Waals surface area contributed by atoms with E-state index in [1.807, 2.05) is 31.2 Å². The molecule has 1 aliphatic carbocycles. The monoisotopic (exact) mass is 473 g/mol. The number of methoxy groups -OCH3 is 2. The van der Waals surface area contributed by atoms with Crippen LogP contribution in [-0.2, 0) is 14.8 Å². The molecule has 1 N–H and O–H groups in total. The highest BCUT2D eigenvalue weighted by molar-refractivity contribution is 7.89. The van der Waals surface area contributed by atoms with Crippen LogP contribution in [0.5, 0.6) is 11.5 Å². The number of sulfonamides is 1. The van der Waals surface area contributed by atoms with Crippen molar-refractivity contribution < 1.29 is 22.7 Å². The molecule has 1 saturated carbocycles. The molecule has 9 heteroatoms. The number of ether oxygens (including phenoxy) is 2. The molecule has 2 aromatic rings. The Balaban J connectivity index is 1.81. The van der Waals surface area contributed by atoms with Crippen molar-refractivity contribution >= 4 is 22.1 Å². The lowest BCUT2D eigenvalue weighted by Crippen LogP contribution is -2.46. The Hall–Kier alpha value is -2.91. The van der Waals surface area contributed by atoms with Crippen LogP contribution < -0.4 is 14.9 Å². The van der Waals surface area contributed by atoms with Crippen LogP contribution in [0.4, 0.5) is 0 Å². The van der Waals surface area contributed by atoms with Gasteiger partial charge in [-0.25, -0.2) is 13.8 Å². The number of hydrazone groups is 1. The van der Waals surface area contributed by atoms with Gasteiger partial charge in [0.2, 0.25) is 10.0 Å². The van der Waals surface area contributed by atoms with Crippen molar-refractivity contribution in [3.63, 3.8) is 0 Å². The molecule has 0 heterocycles. The first-order valence-electron chi connectivity index (χ1n) is 11.0. The zero-order valence-corrected chi connectivity index (χ0v) is 20.1. The zero-order chi connectivity index (χ0) is 23.8. The van der Waals surface area contributed by atoms with E-state index in [0.717, 1.165) is 30.4 Å². The largest absolute Gasteiger partial charge is 0.493 e. The minimum atomic E-state index is -3.95. The summed E-state index contributed by atoms with van der Waals surface area (Å²) >= 11 is 0. The molecule has 1 fully saturated rings. The van der Waals surface area contributed by atoms with E-state index < -0.39 is 15.9 Å². The highest BCUT2D eigenvalue weighted by Crippen LogP contribution is 2.33. The number of nitrogens with zero attached hydrogens (tertiary/aromatic N) is 2. The quantitative estimate of drug-likeness (QED) is 0.444. The molecule has 1 amide bonds. The molecule has 0 bridgehead atoms. The van der Waals surface area contributed by atoms with Crippen LogP contribution in [0, 0.1) is 6.92 Å². The number of nitrogens with one attached hydrogen (secondary N) is 1. The first-order valence-corrected chi connectivity index (χ1v) is 12.4. The molecule has 178 valence electrons. The number of benzene rings is 2. The normalized spacial score (nSPS) is 15.0. The maximum absolute atomic E-state index is 13.6. The Morgan fingerprint density at radius 2 is 1.82 bits per heavy atom. The van der Waals surface area contributed by atoms with Gasteiger partial charge in [-0.1, -0.05) is 49.1 Å². The molecule has 0 spiro atoms. The van der Waals surface area contributed by atoms with E-state index in [-0.39, 0.29) is 17.5 Å². The molecule has 0 aliphatic heterocycles. The smallest absolute Gasteiger partial charge is 0.255 e. The number of amides is 1. The summed E-state index contributed by atoms with van der Waals surface area (Å²) in [5.41, 5.74) is 4.39. The Labute approximate surface area is 195 Å². The number of carbonyl (C=O) groups excluding carboxylic acids is 1. The molecule has 8 nitrogen and oxygen atoms in total. The Bertz CT molecular complexity index is 1100. The molecule has 1 aliphatic rings. The van der Waals surface area contributed by atoms with Gasteiger partial charge in [0, 0.05) is 12.1 Å². The number of rotatable bonds is 9. The van der Waals surface area contributed by atoms with Crippen LogP contribution in [0.15, 0.2) is 52.5 Å². The SMILES string of the molecule is COc1ccc(S(=O)(=O)N(CC(=O)NN=Cc2cccc(C)c2)C2CCCCC2)cc1OC. The van der Waals surface area contributed by atoms with E-state index in [1.165, 1.54) is 30.7 Å². The predicted molar refractivity (Wildman–Crippen MR) is 127 cm³/mol. The van der Waals surface area contributed by atoms with Gasteiger partial charge in [-0.05, 0) is 37.5 Å². The first kappa shape index (κ1) is 24.7. The summed E-state index contributed by atoms with van der Waals surface area (Å²) in [5, 5.41) is 4.00. The van der Waals surface area contributed by atoms with E-state index in [4.69, 9.17) is 9.47 Å². The van der Waals surface area contributed by atoms with Crippen molar-refractivity contribution in [2.45, 2.75) is 50.0 Å². The zero-order valence-electron chi connectivity index (χ0n) is 19.3. The highest BCUT2D eigenvalue weighted by atomic mass is 32.2. The van der Waals surface area contributed by atoms with Gasteiger partial charge >= 0.3 is 0 Å². The lowest BCUT2D eigenvalue weighted by Gasteiger charge is -2.32.